The summed E-state index contributed by atoms with van der Waals surface area (Å²) in [4.78, 5) is 0. The second-order valence-corrected chi connectivity index (χ2v) is 5.62. The number of hydrogen-bond acceptors (Lipinski definition) is 1. The normalized spacial score (nSPS) is 10.7. The van der Waals surface area contributed by atoms with Crippen molar-refractivity contribution in [1.29, 1.82) is 5.26 Å². The van der Waals surface area contributed by atoms with E-state index in [2.05, 4.69) is 49.4 Å². The van der Waals surface area contributed by atoms with Crippen molar-refractivity contribution in [2.75, 3.05) is 0 Å². The van der Waals surface area contributed by atoms with E-state index in [9.17, 15) is 0 Å². The van der Waals surface area contributed by atoms with Gasteiger partial charge in [0, 0.05) is 0 Å². The van der Waals surface area contributed by atoms with Crippen LogP contribution < -0.4 is 0 Å². The molecule has 2 aromatic carbocycles. The second-order valence-electron chi connectivity index (χ2n) is 5.62. The fourth-order valence-corrected chi connectivity index (χ4v) is 2.41. The van der Waals surface area contributed by atoms with Crippen LogP contribution in [0.25, 0.3) is 12.2 Å². The number of hydrogen-bond donors (Lipinski definition) is 0. The molecule has 0 atom stereocenters. The van der Waals surface area contributed by atoms with E-state index in [1.54, 1.807) is 0 Å². The highest BCUT2D eigenvalue weighted by Gasteiger charge is 1.94. The molecule has 1 heteroatoms. The predicted molar refractivity (Wildman–Crippen MR) is 94.4 cm³/mol. The Bertz CT molecular complexity index is 627. The number of nitrogens with zero attached hydrogens (tertiary/aromatic N) is 1. The van der Waals surface area contributed by atoms with Crippen LogP contribution in [0.2, 0.25) is 0 Å². The minimum absolute atomic E-state index is 0.699. The maximum absolute atomic E-state index is 8.79. The Morgan fingerprint density at radius 3 is 1.95 bits per heavy atom. The summed E-state index contributed by atoms with van der Waals surface area (Å²) in [6.07, 6.45) is 10.6. The summed E-state index contributed by atoms with van der Waals surface area (Å²) in [6, 6.07) is 18.6. The number of aryl methyl sites for hydroxylation is 1. The summed E-state index contributed by atoms with van der Waals surface area (Å²) < 4.78 is 0. The molecule has 0 radical (unpaired) electrons. The molecule has 1 nitrogen and oxygen atoms in total. The zero-order valence-corrected chi connectivity index (χ0v) is 13.3. The Morgan fingerprint density at radius 2 is 1.41 bits per heavy atom. The van der Waals surface area contributed by atoms with Crippen LogP contribution in [0, 0.1) is 11.3 Å². The van der Waals surface area contributed by atoms with Crippen LogP contribution in [0.5, 0.6) is 0 Å². The standard InChI is InChI=1S/C21H23N/c1-2-3-4-5-6-18-7-9-19(10-8-18)11-12-20-13-15-21(17-22)16-14-20/h7-16H,2-6H2,1H3. The van der Waals surface area contributed by atoms with E-state index < -0.39 is 0 Å². The Morgan fingerprint density at radius 1 is 0.818 bits per heavy atom. The van der Waals surface area contributed by atoms with Gasteiger partial charge in [0.1, 0.15) is 0 Å². The summed E-state index contributed by atoms with van der Waals surface area (Å²) in [7, 11) is 0. The fraction of sp³-hybridized carbons (Fsp3) is 0.286. The van der Waals surface area contributed by atoms with Crippen molar-refractivity contribution < 1.29 is 0 Å². The SMILES string of the molecule is CCCCCCc1ccc(C=Cc2ccc(C#N)cc2)cc1. The minimum Gasteiger partial charge on any atom is -0.192 e. The van der Waals surface area contributed by atoms with Crippen LogP contribution in [0.15, 0.2) is 48.5 Å². The summed E-state index contributed by atoms with van der Waals surface area (Å²) >= 11 is 0. The lowest BCUT2D eigenvalue weighted by atomic mass is 10.0. The lowest BCUT2D eigenvalue weighted by Crippen LogP contribution is -1.85. The smallest absolute Gasteiger partial charge is 0.0991 e. The maximum Gasteiger partial charge on any atom is 0.0991 e. The molecular formula is C21H23N. The van der Waals surface area contributed by atoms with Crippen molar-refractivity contribution in [2.24, 2.45) is 0 Å². The average molecular weight is 289 g/mol. The monoisotopic (exact) mass is 289 g/mol. The highest BCUT2D eigenvalue weighted by Crippen LogP contribution is 2.13. The van der Waals surface area contributed by atoms with Gasteiger partial charge in [0.2, 0.25) is 0 Å². The second kappa shape index (κ2) is 8.85. The van der Waals surface area contributed by atoms with Crippen molar-refractivity contribution in [1.82, 2.24) is 0 Å². The Kier molecular flexibility index (Phi) is 6.45. The lowest BCUT2D eigenvalue weighted by Gasteiger charge is -2.02. The van der Waals surface area contributed by atoms with Crippen molar-refractivity contribution in [3.05, 3.63) is 70.8 Å². The van der Waals surface area contributed by atoms with Gasteiger partial charge in [-0.3, -0.25) is 0 Å². The molecule has 0 spiro atoms. The summed E-state index contributed by atoms with van der Waals surface area (Å²) in [5, 5.41) is 8.79. The van der Waals surface area contributed by atoms with E-state index in [4.69, 9.17) is 5.26 Å². The molecule has 2 rings (SSSR count). The zero-order valence-electron chi connectivity index (χ0n) is 13.3. The van der Waals surface area contributed by atoms with Crippen LogP contribution in [0.1, 0.15) is 54.9 Å². The quantitative estimate of drug-likeness (QED) is 0.463. The van der Waals surface area contributed by atoms with Crippen molar-refractivity contribution in [3.8, 4) is 6.07 Å². The van der Waals surface area contributed by atoms with Gasteiger partial charge < -0.3 is 0 Å². The highest BCUT2D eigenvalue weighted by atomic mass is 14.2. The third-order valence-electron chi connectivity index (χ3n) is 3.81. The van der Waals surface area contributed by atoms with Crippen LogP contribution in [0.4, 0.5) is 0 Å². The number of unbranched alkanes of at least 4 members (excludes halogenated alkanes) is 3. The van der Waals surface area contributed by atoms with Crippen LogP contribution in [-0.2, 0) is 6.42 Å². The molecule has 22 heavy (non-hydrogen) atoms. The molecule has 0 fully saturated rings. The average Bonchev–Trinajstić information content (AvgIpc) is 2.58. The highest BCUT2D eigenvalue weighted by molar-refractivity contribution is 5.69. The molecule has 0 bridgehead atoms. The van der Waals surface area contributed by atoms with Gasteiger partial charge in [-0.15, -0.1) is 0 Å². The molecule has 0 aliphatic rings. The first kappa shape index (κ1) is 16.0. The molecule has 0 unspecified atom stereocenters. The molecular weight excluding hydrogens is 266 g/mol. The molecule has 0 aliphatic heterocycles. The topological polar surface area (TPSA) is 23.8 Å². The van der Waals surface area contributed by atoms with Crippen LogP contribution >= 0.6 is 0 Å². The molecule has 0 saturated heterocycles. The van der Waals surface area contributed by atoms with Gasteiger partial charge in [0.05, 0.1) is 11.6 Å². The Labute approximate surface area is 133 Å². The Balaban J connectivity index is 1.90. The van der Waals surface area contributed by atoms with Crippen molar-refractivity contribution in [3.63, 3.8) is 0 Å². The van der Waals surface area contributed by atoms with Gasteiger partial charge >= 0.3 is 0 Å². The number of rotatable bonds is 7. The van der Waals surface area contributed by atoms with Crippen LogP contribution in [0.3, 0.4) is 0 Å². The number of nitriles is 1. The van der Waals surface area contributed by atoms with Crippen molar-refractivity contribution in [2.45, 2.75) is 39.0 Å². The van der Waals surface area contributed by atoms with E-state index in [0.717, 1.165) is 5.56 Å². The fourth-order valence-electron chi connectivity index (χ4n) is 2.41. The number of benzene rings is 2. The molecule has 0 amide bonds. The molecule has 0 saturated carbocycles. The third-order valence-corrected chi connectivity index (χ3v) is 3.81. The van der Waals surface area contributed by atoms with Gasteiger partial charge in [-0.05, 0) is 41.7 Å². The largest absolute Gasteiger partial charge is 0.192 e. The van der Waals surface area contributed by atoms with Gasteiger partial charge in [0.25, 0.3) is 0 Å². The lowest BCUT2D eigenvalue weighted by molar-refractivity contribution is 0.667. The molecule has 0 N–H and O–H groups in total. The molecule has 0 heterocycles. The van der Waals surface area contributed by atoms with E-state index in [1.165, 1.54) is 43.2 Å². The summed E-state index contributed by atoms with van der Waals surface area (Å²) in [6.45, 7) is 2.25. The maximum atomic E-state index is 8.79. The van der Waals surface area contributed by atoms with Crippen LogP contribution in [-0.4, -0.2) is 0 Å². The first-order valence-electron chi connectivity index (χ1n) is 8.09. The van der Waals surface area contributed by atoms with Crippen molar-refractivity contribution >= 4 is 12.2 Å². The minimum atomic E-state index is 0.699. The van der Waals surface area contributed by atoms with Gasteiger partial charge in [0.15, 0.2) is 0 Å². The third kappa shape index (κ3) is 5.22. The van der Waals surface area contributed by atoms with E-state index in [1.807, 2.05) is 24.3 Å². The first-order chi connectivity index (χ1) is 10.8. The Hall–Kier alpha value is -2.33. The molecule has 2 aromatic rings. The molecule has 0 aromatic heterocycles. The molecule has 112 valence electrons. The van der Waals surface area contributed by atoms with Gasteiger partial charge in [-0.2, -0.15) is 5.26 Å². The summed E-state index contributed by atoms with van der Waals surface area (Å²) in [5.74, 6) is 0. The van der Waals surface area contributed by atoms with Gasteiger partial charge in [-0.25, -0.2) is 0 Å². The predicted octanol–water partition coefficient (Wildman–Crippen LogP) is 5.85. The van der Waals surface area contributed by atoms with E-state index in [0.29, 0.717) is 5.56 Å². The summed E-state index contributed by atoms with van der Waals surface area (Å²) in [5.41, 5.74) is 4.44. The van der Waals surface area contributed by atoms with E-state index >= 15 is 0 Å². The zero-order chi connectivity index (χ0) is 15.6. The van der Waals surface area contributed by atoms with Gasteiger partial charge in [-0.1, -0.05) is 74.7 Å². The first-order valence-corrected chi connectivity index (χ1v) is 8.09. The van der Waals surface area contributed by atoms with E-state index in [-0.39, 0.29) is 0 Å². The molecule has 0 aliphatic carbocycles.